The highest BCUT2D eigenvalue weighted by molar-refractivity contribution is 7.24. The Labute approximate surface area is 243 Å². The molecule has 0 fully saturated rings. The molecule has 0 bridgehead atoms. The molecule has 0 aliphatic rings. The number of hydrogen-bond acceptors (Lipinski definition) is 11. The summed E-state index contributed by atoms with van der Waals surface area (Å²) in [5.41, 5.74) is 8.54. The van der Waals surface area contributed by atoms with Crippen LogP contribution in [-0.2, 0) is 17.9 Å². The van der Waals surface area contributed by atoms with Crippen LogP contribution in [0.5, 0.6) is 5.88 Å². The average molecular weight is 587 g/mol. The summed E-state index contributed by atoms with van der Waals surface area (Å²) in [6, 6.07) is 17.5. The number of aliphatic hydroxyl groups is 1. The van der Waals surface area contributed by atoms with Crippen LogP contribution in [-0.4, -0.2) is 51.1 Å². The van der Waals surface area contributed by atoms with E-state index >= 15 is 0 Å². The van der Waals surface area contributed by atoms with Crippen LogP contribution in [0.3, 0.4) is 0 Å². The fourth-order valence-electron chi connectivity index (χ4n) is 3.89. The lowest BCUT2D eigenvalue weighted by Crippen LogP contribution is -2.23. The Morgan fingerprint density at radius 1 is 1.15 bits per heavy atom. The van der Waals surface area contributed by atoms with Gasteiger partial charge in [-0.15, -0.1) is 22.7 Å². The third-order valence-electron chi connectivity index (χ3n) is 6.05. The van der Waals surface area contributed by atoms with Gasteiger partial charge in [0.1, 0.15) is 23.8 Å². The van der Waals surface area contributed by atoms with Crippen molar-refractivity contribution in [1.82, 2.24) is 25.3 Å². The van der Waals surface area contributed by atoms with Gasteiger partial charge in [0.25, 0.3) is 5.91 Å². The van der Waals surface area contributed by atoms with Gasteiger partial charge in [0.15, 0.2) is 5.65 Å². The van der Waals surface area contributed by atoms with Crippen molar-refractivity contribution in [2.45, 2.75) is 13.2 Å². The van der Waals surface area contributed by atoms with Gasteiger partial charge in [0, 0.05) is 34.8 Å². The molecule has 0 atom stereocenters. The van der Waals surface area contributed by atoms with E-state index in [9.17, 15) is 10.1 Å². The van der Waals surface area contributed by atoms with Crippen molar-refractivity contribution >= 4 is 56.8 Å². The predicted octanol–water partition coefficient (Wildman–Crippen LogP) is 3.96. The molecule has 4 heterocycles. The number of thiophene rings is 2. The number of rotatable bonds is 11. The summed E-state index contributed by atoms with van der Waals surface area (Å²) in [5.74, 6) is -0.0416. The molecule has 1 amide bonds. The van der Waals surface area contributed by atoms with Crippen LogP contribution in [0, 0.1) is 11.3 Å². The average Bonchev–Trinajstić information content (AvgIpc) is 3.75. The first-order chi connectivity index (χ1) is 19.9. The Morgan fingerprint density at radius 3 is 2.68 bits per heavy atom. The number of ether oxygens (including phenoxy) is 1. The molecule has 13 heteroatoms. The van der Waals surface area contributed by atoms with Crippen LogP contribution in [0.25, 0.3) is 27.0 Å². The summed E-state index contributed by atoms with van der Waals surface area (Å²) in [4.78, 5) is 32.9. The number of hydrogen-bond donors (Lipinski definition) is 4. The van der Waals surface area contributed by atoms with Crippen LogP contribution >= 0.6 is 22.7 Å². The molecule has 0 unspecified atom stereocenters. The number of carbonyl (C=O) groups excluding carboxylic acids is 1. The van der Waals surface area contributed by atoms with Crippen molar-refractivity contribution in [2.75, 3.05) is 30.8 Å². The maximum absolute atomic E-state index is 12.7. The molecular formula is C28H26N8O3S2. The zero-order valence-corrected chi connectivity index (χ0v) is 23.6. The fraction of sp³-hybridized carbons (Fsp3) is 0.179. The third-order valence-corrected chi connectivity index (χ3v) is 8.47. The summed E-state index contributed by atoms with van der Waals surface area (Å²) in [5, 5.41) is 22.7. The Kier molecular flexibility index (Phi) is 8.54. The number of nitrogens with one attached hydrogen (secondary N) is 2. The van der Waals surface area contributed by atoms with Gasteiger partial charge in [-0.2, -0.15) is 15.2 Å². The lowest BCUT2D eigenvalue weighted by Gasteiger charge is -2.14. The summed E-state index contributed by atoms with van der Waals surface area (Å²) in [6.45, 7) is 1.18. The summed E-state index contributed by atoms with van der Waals surface area (Å²) >= 11 is 3.14. The fourth-order valence-corrected chi connectivity index (χ4v) is 5.92. The number of aromatic nitrogens is 4. The van der Waals surface area contributed by atoms with Gasteiger partial charge < -0.3 is 30.8 Å². The van der Waals surface area contributed by atoms with Crippen molar-refractivity contribution in [3.63, 3.8) is 0 Å². The summed E-state index contributed by atoms with van der Waals surface area (Å²) < 4.78 is 5.81. The highest BCUT2D eigenvalue weighted by Gasteiger charge is 2.13. The van der Waals surface area contributed by atoms with Crippen molar-refractivity contribution in [1.29, 1.82) is 5.26 Å². The van der Waals surface area contributed by atoms with Gasteiger partial charge in [-0.05, 0) is 41.5 Å². The molecule has 5 rings (SSSR count). The maximum Gasteiger partial charge on any atom is 0.262 e. The first-order valence-electron chi connectivity index (χ1n) is 12.5. The first-order valence-corrected chi connectivity index (χ1v) is 14.2. The van der Waals surface area contributed by atoms with Crippen LogP contribution in [0.1, 0.15) is 16.0 Å². The number of nitrogen functional groups attached to an aromatic ring is 1. The topological polar surface area (TPSA) is 166 Å². The maximum atomic E-state index is 12.7. The number of nitriles is 1. The lowest BCUT2D eigenvalue weighted by atomic mass is 10.1. The van der Waals surface area contributed by atoms with E-state index in [2.05, 4.69) is 25.3 Å². The largest absolute Gasteiger partial charge is 0.471 e. The van der Waals surface area contributed by atoms with E-state index in [-0.39, 0.29) is 31.3 Å². The quantitative estimate of drug-likeness (QED) is 0.132. The number of carbonyl (C=O) groups is 1. The van der Waals surface area contributed by atoms with Crippen LogP contribution in [0.15, 0.2) is 60.4 Å². The predicted molar refractivity (Wildman–Crippen MR) is 160 cm³/mol. The molecular weight excluding hydrogens is 560 g/mol. The molecule has 0 saturated heterocycles. The van der Waals surface area contributed by atoms with E-state index in [0.29, 0.717) is 23.6 Å². The zero-order chi connectivity index (χ0) is 28.8. The molecule has 41 heavy (non-hydrogen) atoms. The Morgan fingerprint density at radius 2 is 1.90 bits per heavy atom. The smallest absolute Gasteiger partial charge is 0.262 e. The van der Waals surface area contributed by atoms with E-state index in [0.717, 1.165) is 30.8 Å². The minimum atomic E-state index is -0.441. The molecule has 11 nitrogen and oxygen atoms in total. The Hall–Kier alpha value is -4.77. The van der Waals surface area contributed by atoms with Gasteiger partial charge >= 0.3 is 0 Å². The molecule has 4 aromatic heterocycles. The molecule has 5 N–H and O–H groups in total. The van der Waals surface area contributed by atoms with E-state index in [1.165, 1.54) is 17.7 Å². The second kappa shape index (κ2) is 12.6. The zero-order valence-electron chi connectivity index (χ0n) is 22.0. The highest BCUT2D eigenvalue weighted by atomic mass is 32.1. The number of anilines is 2. The number of nitrogens with two attached hydrogens (primary N) is 1. The molecule has 0 radical (unpaired) electrons. The normalized spacial score (nSPS) is 11.4. The summed E-state index contributed by atoms with van der Waals surface area (Å²) in [7, 11) is 1.94. The number of nitrogens with zero attached hydrogens (tertiary/aromatic N) is 5. The third kappa shape index (κ3) is 6.69. The number of fused-ring (bicyclic) bond motifs is 1. The van der Waals surface area contributed by atoms with Crippen molar-refractivity contribution in [2.24, 2.45) is 0 Å². The van der Waals surface area contributed by atoms with Crippen molar-refractivity contribution in [3.8, 4) is 21.7 Å². The Balaban J connectivity index is 1.16. The molecule has 208 valence electrons. The van der Waals surface area contributed by atoms with Crippen molar-refractivity contribution in [3.05, 3.63) is 76.4 Å². The van der Waals surface area contributed by atoms with Gasteiger partial charge in [0.2, 0.25) is 11.8 Å². The second-order valence-electron chi connectivity index (χ2n) is 8.93. The van der Waals surface area contributed by atoms with Gasteiger partial charge in [-0.25, -0.2) is 4.98 Å². The number of aliphatic hydroxyl groups excluding tert-OH is 1. The highest BCUT2D eigenvalue weighted by Crippen LogP contribution is 2.37. The minimum absolute atomic E-state index is 0.0345. The lowest BCUT2D eigenvalue weighted by molar-refractivity contribution is -0.117. The van der Waals surface area contributed by atoms with E-state index < -0.39 is 5.91 Å². The second-order valence-corrected chi connectivity index (χ2v) is 11.1. The number of aromatic amines is 1. The molecule has 1 aromatic carbocycles. The number of likely N-dealkylation sites (N-methyl/N-ethyl adjacent to an activating group) is 1. The van der Waals surface area contributed by atoms with Gasteiger partial charge in [0.05, 0.1) is 17.9 Å². The molecule has 0 spiro atoms. The summed E-state index contributed by atoms with van der Waals surface area (Å²) in [6.07, 6.45) is 3.10. The molecule has 0 aliphatic carbocycles. The van der Waals surface area contributed by atoms with E-state index in [1.807, 2.05) is 66.5 Å². The molecule has 0 aliphatic heterocycles. The number of benzene rings is 1. The standard InChI is InChI=1S/C28H26N8O3S2/c1-36(10-11-37)23-9-8-22(41-23)21-7-6-20(40-21)12-19(13-29)26(38)31-14-17-2-4-18(5-3-17)15-39-27-24-25(33-16-32-24)34-28(30)35-27/h2-9,12,16,37H,10-11,14-15H2,1H3,(H,31,38)(H3,30,32,33,34,35)/b19-12+. The number of imidazole rings is 1. The number of amides is 1. The van der Waals surface area contributed by atoms with E-state index in [4.69, 9.17) is 15.6 Å². The molecule has 0 saturated carbocycles. The number of H-pyrrole nitrogens is 1. The minimum Gasteiger partial charge on any atom is -0.471 e. The van der Waals surface area contributed by atoms with Crippen LogP contribution in [0.2, 0.25) is 0 Å². The molecule has 5 aromatic rings. The Bertz CT molecular complexity index is 1730. The van der Waals surface area contributed by atoms with Crippen LogP contribution < -0.4 is 20.7 Å². The van der Waals surface area contributed by atoms with Gasteiger partial charge in [-0.1, -0.05) is 24.3 Å². The van der Waals surface area contributed by atoms with E-state index in [1.54, 1.807) is 17.4 Å². The van der Waals surface area contributed by atoms with Gasteiger partial charge in [-0.3, -0.25) is 4.79 Å². The van der Waals surface area contributed by atoms with Crippen LogP contribution in [0.4, 0.5) is 10.9 Å². The first kappa shape index (κ1) is 27.8. The SMILES string of the molecule is CN(CCO)c1ccc(-c2ccc(/C=C(\C#N)C(=O)NCc3ccc(COc4nc(N)nc5nc[nH]c45)cc3)s2)s1. The monoisotopic (exact) mass is 586 g/mol. The van der Waals surface area contributed by atoms with Crippen molar-refractivity contribution < 1.29 is 14.6 Å².